The Labute approximate surface area is 111 Å². The number of rotatable bonds is 6. The molecule has 0 radical (unpaired) electrons. The van der Waals surface area contributed by atoms with Gasteiger partial charge in [0.1, 0.15) is 0 Å². The average Bonchev–Trinajstić information content (AvgIpc) is 2.74. The van der Waals surface area contributed by atoms with Gasteiger partial charge in [-0.2, -0.15) is 11.8 Å². The maximum atomic E-state index is 6.09. The van der Waals surface area contributed by atoms with Crippen LogP contribution in [0.15, 0.2) is 0 Å². The van der Waals surface area contributed by atoms with Crippen molar-refractivity contribution in [2.75, 3.05) is 38.7 Å². The SMILES string of the molecule is CSCC(C)N(C)C1(CN)CCN(C(C)C)C1. The monoisotopic (exact) mass is 259 g/mol. The number of likely N-dealkylation sites (tertiary alicyclic amines) is 1. The van der Waals surface area contributed by atoms with Gasteiger partial charge in [0.2, 0.25) is 0 Å². The summed E-state index contributed by atoms with van der Waals surface area (Å²) >= 11 is 1.92. The summed E-state index contributed by atoms with van der Waals surface area (Å²) in [6, 6.07) is 1.23. The fourth-order valence-corrected chi connectivity index (χ4v) is 3.45. The molecule has 3 nitrogen and oxygen atoms in total. The zero-order valence-electron chi connectivity index (χ0n) is 12.1. The second kappa shape index (κ2) is 6.41. The molecule has 0 bridgehead atoms. The molecule has 0 amide bonds. The van der Waals surface area contributed by atoms with Crippen LogP contribution in [0.25, 0.3) is 0 Å². The summed E-state index contributed by atoms with van der Waals surface area (Å²) < 4.78 is 0. The first kappa shape index (κ1) is 15.3. The van der Waals surface area contributed by atoms with Crippen LogP contribution < -0.4 is 5.73 Å². The zero-order valence-corrected chi connectivity index (χ0v) is 12.9. The van der Waals surface area contributed by atoms with Crippen molar-refractivity contribution in [1.29, 1.82) is 0 Å². The van der Waals surface area contributed by atoms with Crippen molar-refractivity contribution in [1.82, 2.24) is 9.80 Å². The third-order valence-electron chi connectivity index (χ3n) is 4.29. The van der Waals surface area contributed by atoms with E-state index in [0.717, 1.165) is 13.1 Å². The van der Waals surface area contributed by atoms with Crippen LogP contribution in [0.4, 0.5) is 0 Å². The smallest absolute Gasteiger partial charge is 0.0470 e. The van der Waals surface area contributed by atoms with Gasteiger partial charge in [0.15, 0.2) is 0 Å². The molecular weight excluding hydrogens is 230 g/mol. The molecule has 0 saturated carbocycles. The van der Waals surface area contributed by atoms with Crippen LogP contribution in [0.5, 0.6) is 0 Å². The molecule has 1 aliphatic rings. The number of hydrogen-bond acceptors (Lipinski definition) is 4. The Morgan fingerprint density at radius 3 is 2.47 bits per heavy atom. The lowest BCUT2D eigenvalue weighted by atomic mass is 9.95. The minimum Gasteiger partial charge on any atom is -0.329 e. The minimum atomic E-state index is 0.194. The van der Waals surface area contributed by atoms with E-state index in [-0.39, 0.29) is 5.54 Å². The molecule has 1 heterocycles. The highest BCUT2D eigenvalue weighted by molar-refractivity contribution is 7.98. The molecule has 1 saturated heterocycles. The van der Waals surface area contributed by atoms with E-state index in [0.29, 0.717) is 12.1 Å². The van der Waals surface area contributed by atoms with Crippen molar-refractivity contribution in [2.45, 2.75) is 44.8 Å². The summed E-state index contributed by atoms with van der Waals surface area (Å²) in [6.45, 7) is 9.94. The number of nitrogens with zero attached hydrogens (tertiary/aromatic N) is 2. The molecule has 1 aliphatic heterocycles. The fourth-order valence-electron chi connectivity index (χ4n) is 2.75. The first-order chi connectivity index (χ1) is 7.96. The fraction of sp³-hybridized carbons (Fsp3) is 1.00. The van der Waals surface area contributed by atoms with Crippen molar-refractivity contribution >= 4 is 11.8 Å². The second-order valence-electron chi connectivity index (χ2n) is 5.66. The Kier molecular flexibility index (Phi) is 5.77. The van der Waals surface area contributed by atoms with Crippen LogP contribution in [0, 0.1) is 0 Å². The first-order valence-electron chi connectivity index (χ1n) is 6.63. The summed E-state index contributed by atoms with van der Waals surface area (Å²) in [4.78, 5) is 5.07. The van der Waals surface area contributed by atoms with Gasteiger partial charge in [0, 0.05) is 43.0 Å². The maximum absolute atomic E-state index is 6.09. The molecule has 0 aliphatic carbocycles. The molecule has 17 heavy (non-hydrogen) atoms. The Morgan fingerprint density at radius 2 is 2.06 bits per heavy atom. The highest BCUT2D eigenvalue weighted by atomic mass is 32.2. The standard InChI is InChI=1S/C13H29N3S/c1-11(2)16-7-6-13(9-14,10-16)15(4)12(3)8-17-5/h11-12H,6-10,14H2,1-5H3. The summed E-state index contributed by atoms with van der Waals surface area (Å²) in [6.07, 6.45) is 3.38. The van der Waals surface area contributed by atoms with Crippen LogP contribution in [0.3, 0.4) is 0 Å². The average molecular weight is 259 g/mol. The molecule has 1 rings (SSSR count). The van der Waals surface area contributed by atoms with Gasteiger partial charge < -0.3 is 5.73 Å². The van der Waals surface area contributed by atoms with E-state index >= 15 is 0 Å². The van der Waals surface area contributed by atoms with E-state index in [2.05, 4.69) is 43.9 Å². The van der Waals surface area contributed by atoms with E-state index in [4.69, 9.17) is 5.73 Å². The summed E-state index contributed by atoms with van der Waals surface area (Å²) in [5.74, 6) is 1.18. The molecular formula is C13H29N3S. The molecule has 4 heteroatoms. The second-order valence-corrected chi connectivity index (χ2v) is 6.57. The van der Waals surface area contributed by atoms with Gasteiger partial charge >= 0.3 is 0 Å². The van der Waals surface area contributed by atoms with Gasteiger partial charge in [0.25, 0.3) is 0 Å². The quantitative estimate of drug-likeness (QED) is 0.783. The van der Waals surface area contributed by atoms with E-state index in [1.54, 1.807) is 0 Å². The van der Waals surface area contributed by atoms with Crippen molar-refractivity contribution in [3.05, 3.63) is 0 Å². The third kappa shape index (κ3) is 3.37. The van der Waals surface area contributed by atoms with Crippen LogP contribution in [-0.4, -0.2) is 66.1 Å². The highest BCUT2D eigenvalue weighted by Gasteiger charge is 2.42. The lowest BCUT2D eigenvalue weighted by Crippen LogP contribution is -2.57. The predicted octanol–water partition coefficient (Wildman–Crippen LogP) is 1.48. The van der Waals surface area contributed by atoms with Crippen LogP contribution in [0.2, 0.25) is 0 Å². The van der Waals surface area contributed by atoms with Crippen LogP contribution in [-0.2, 0) is 0 Å². The van der Waals surface area contributed by atoms with Crippen molar-refractivity contribution in [3.8, 4) is 0 Å². The topological polar surface area (TPSA) is 32.5 Å². The number of hydrogen-bond donors (Lipinski definition) is 1. The predicted molar refractivity (Wildman–Crippen MR) is 78.7 cm³/mol. The van der Waals surface area contributed by atoms with Crippen LogP contribution >= 0.6 is 11.8 Å². The Bertz CT molecular complexity index is 235. The largest absolute Gasteiger partial charge is 0.329 e. The van der Waals surface area contributed by atoms with Gasteiger partial charge in [-0.05, 0) is 40.5 Å². The minimum absolute atomic E-state index is 0.194. The molecule has 0 aromatic rings. The molecule has 0 spiro atoms. The van der Waals surface area contributed by atoms with E-state index in [1.165, 1.54) is 18.7 Å². The van der Waals surface area contributed by atoms with Crippen LogP contribution in [0.1, 0.15) is 27.2 Å². The Morgan fingerprint density at radius 1 is 1.41 bits per heavy atom. The number of thioether (sulfide) groups is 1. The Balaban J connectivity index is 2.70. The van der Waals surface area contributed by atoms with Gasteiger partial charge in [-0.15, -0.1) is 0 Å². The molecule has 2 N–H and O–H groups in total. The normalized spacial score (nSPS) is 28.2. The molecule has 1 fully saturated rings. The first-order valence-corrected chi connectivity index (χ1v) is 8.02. The van der Waals surface area contributed by atoms with Gasteiger partial charge in [-0.25, -0.2) is 0 Å². The maximum Gasteiger partial charge on any atom is 0.0470 e. The number of nitrogens with two attached hydrogens (primary N) is 1. The molecule has 0 aromatic carbocycles. The molecule has 2 unspecified atom stereocenters. The summed E-state index contributed by atoms with van der Waals surface area (Å²) in [7, 11) is 2.25. The molecule has 102 valence electrons. The third-order valence-corrected chi connectivity index (χ3v) is 5.11. The van der Waals surface area contributed by atoms with Crippen molar-refractivity contribution in [3.63, 3.8) is 0 Å². The van der Waals surface area contributed by atoms with Gasteiger partial charge in [-0.3, -0.25) is 9.80 Å². The summed E-state index contributed by atoms with van der Waals surface area (Å²) in [5, 5.41) is 0. The zero-order chi connectivity index (χ0) is 13.1. The molecule has 0 aromatic heterocycles. The van der Waals surface area contributed by atoms with Gasteiger partial charge in [-0.1, -0.05) is 0 Å². The number of likely N-dealkylation sites (N-methyl/N-ethyl adjacent to an activating group) is 1. The van der Waals surface area contributed by atoms with E-state index < -0.39 is 0 Å². The van der Waals surface area contributed by atoms with E-state index in [1.807, 2.05) is 11.8 Å². The summed E-state index contributed by atoms with van der Waals surface area (Å²) in [5.41, 5.74) is 6.28. The van der Waals surface area contributed by atoms with Crippen molar-refractivity contribution in [2.24, 2.45) is 5.73 Å². The Hall–Kier alpha value is 0.230. The highest BCUT2D eigenvalue weighted by Crippen LogP contribution is 2.29. The lowest BCUT2D eigenvalue weighted by molar-refractivity contribution is 0.0947. The van der Waals surface area contributed by atoms with Crippen molar-refractivity contribution < 1.29 is 0 Å². The van der Waals surface area contributed by atoms with E-state index in [9.17, 15) is 0 Å². The lowest BCUT2D eigenvalue weighted by Gasteiger charge is -2.42. The van der Waals surface area contributed by atoms with Gasteiger partial charge in [0.05, 0.1) is 0 Å². The molecule has 2 atom stereocenters.